The molecule has 0 aromatic heterocycles. The van der Waals surface area contributed by atoms with Gasteiger partial charge in [-0.25, -0.2) is 14.5 Å². The van der Waals surface area contributed by atoms with E-state index in [9.17, 15) is 9.59 Å². The quantitative estimate of drug-likeness (QED) is 0.223. The van der Waals surface area contributed by atoms with E-state index in [1.165, 1.54) is 11.1 Å². The van der Waals surface area contributed by atoms with Gasteiger partial charge in [0.05, 0.1) is 11.1 Å². The van der Waals surface area contributed by atoms with Gasteiger partial charge in [-0.1, -0.05) is 51.0 Å². The highest BCUT2D eigenvalue weighted by Gasteiger charge is 2.30. The van der Waals surface area contributed by atoms with Crippen molar-refractivity contribution in [3.63, 3.8) is 0 Å². The van der Waals surface area contributed by atoms with Crippen molar-refractivity contribution < 1.29 is 29.1 Å². The minimum absolute atomic E-state index is 0.0527. The highest BCUT2D eigenvalue weighted by Crippen LogP contribution is 2.38. The smallest absolute Gasteiger partial charge is 0.293 e. The van der Waals surface area contributed by atoms with E-state index in [1.807, 2.05) is 24.3 Å². The van der Waals surface area contributed by atoms with Crippen molar-refractivity contribution >= 4 is 11.9 Å². The number of aryl methyl sites for hydroxylation is 2. The first-order valence-corrected chi connectivity index (χ1v) is 14.2. The third-order valence-corrected chi connectivity index (χ3v) is 7.74. The van der Waals surface area contributed by atoms with Crippen molar-refractivity contribution in [1.29, 1.82) is 0 Å². The van der Waals surface area contributed by atoms with Crippen molar-refractivity contribution in [3.05, 3.63) is 82.6 Å². The molecule has 6 heteroatoms. The lowest BCUT2D eigenvalue weighted by atomic mass is 9.74. The topological polar surface area (TPSA) is 71.1 Å². The molecular weight excluding hydrogens is 480 g/mol. The molecule has 2 aromatic rings. The van der Waals surface area contributed by atoms with E-state index in [0.29, 0.717) is 23.0 Å². The van der Waals surface area contributed by atoms with Crippen LogP contribution in [0, 0.1) is 11.8 Å². The average Bonchev–Trinajstić information content (AvgIpc) is 2.96. The monoisotopic (exact) mass is 520 g/mol. The zero-order valence-corrected chi connectivity index (χ0v) is 22.7. The summed E-state index contributed by atoms with van der Waals surface area (Å²) in [6.45, 7) is 4.27. The fourth-order valence-corrected chi connectivity index (χ4v) is 5.48. The predicted octanol–water partition coefficient (Wildman–Crippen LogP) is 7.71. The lowest BCUT2D eigenvalue weighted by molar-refractivity contribution is -0.281. The summed E-state index contributed by atoms with van der Waals surface area (Å²) in [4.78, 5) is 45.7. The summed E-state index contributed by atoms with van der Waals surface area (Å²) in [6.07, 6.45) is 12.7. The maximum Gasteiger partial charge on any atom is 0.386 e. The van der Waals surface area contributed by atoms with Crippen molar-refractivity contribution in [1.82, 2.24) is 0 Å². The van der Waals surface area contributed by atoms with Crippen LogP contribution in [0.3, 0.4) is 0 Å². The maximum absolute atomic E-state index is 12.3. The molecule has 0 N–H and O–H groups in total. The molecule has 0 spiro atoms. The van der Waals surface area contributed by atoms with Crippen LogP contribution in [0.5, 0.6) is 0 Å². The summed E-state index contributed by atoms with van der Waals surface area (Å²) in [6, 6.07) is 15.0. The van der Waals surface area contributed by atoms with Gasteiger partial charge in [-0.05, 0) is 105 Å². The molecule has 0 aliphatic heterocycles. The Bertz CT molecular complexity index is 1060. The second-order valence-electron chi connectivity index (χ2n) is 10.6. The van der Waals surface area contributed by atoms with Gasteiger partial charge < -0.3 is 0 Å². The van der Waals surface area contributed by atoms with Gasteiger partial charge in [0.2, 0.25) is 0 Å². The first-order chi connectivity index (χ1) is 18.6. The number of carbonyl (C=O) groups is 2. The molecule has 2 aliphatic rings. The minimum Gasteiger partial charge on any atom is -0.293 e. The maximum atomic E-state index is 12.3. The van der Waals surface area contributed by atoms with E-state index in [-0.39, 0.29) is 6.10 Å². The highest BCUT2D eigenvalue weighted by molar-refractivity contribution is 5.89. The molecule has 6 nitrogen and oxygen atoms in total. The largest absolute Gasteiger partial charge is 0.386 e. The predicted molar refractivity (Wildman–Crippen MR) is 145 cm³/mol. The fraction of sp³-hybridized carbons (Fsp3) is 0.500. The first-order valence-electron chi connectivity index (χ1n) is 14.2. The molecular formula is C32H40O6. The molecule has 0 bridgehead atoms. The number of rotatable bonds is 11. The molecule has 0 amide bonds. The summed E-state index contributed by atoms with van der Waals surface area (Å²) in [5.74, 6) is 1.01. The van der Waals surface area contributed by atoms with Crippen LogP contribution in [-0.4, -0.2) is 18.0 Å². The zero-order chi connectivity index (χ0) is 26.7. The number of hydrogen-bond acceptors (Lipinski definition) is 6. The number of benzene rings is 2. The van der Waals surface area contributed by atoms with Crippen LogP contribution >= 0.6 is 0 Å². The average molecular weight is 521 g/mol. The minimum atomic E-state index is -0.469. The summed E-state index contributed by atoms with van der Waals surface area (Å²) in [5, 5.41) is 0. The molecule has 0 saturated heterocycles. The van der Waals surface area contributed by atoms with Crippen molar-refractivity contribution in [2.75, 3.05) is 0 Å². The second-order valence-corrected chi connectivity index (χ2v) is 10.6. The second kappa shape index (κ2) is 14.1. The standard InChI is InChI=1S/C32H40O6/c1-3-5-23-7-11-27(12-8-23)31(33)37-35-29-19-15-25(16-20-29)26-17-21-30(22-18-26)36-38-32(34)28-13-9-24(6-4-2)10-14-28/h7-14,19,25-26,30H,3-6,15-18,20-22H2,1-2H3. The van der Waals surface area contributed by atoms with Crippen LogP contribution in [0.15, 0.2) is 60.4 Å². The van der Waals surface area contributed by atoms with E-state index in [1.54, 1.807) is 24.3 Å². The molecule has 0 heterocycles. The zero-order valence-electron chi connectivity index (χ0n) is 22.7. The van der Waals surface area contributed by atoms with Gasteiger partial charge >= 0.3 is 11.9 Å². The third kappa shape index (κ3) is 7.94. The van der Waals surface area contributed by atoms with Gasteiger partial charge in [0.15, 0.2) is 5.76 Å². The van der Waals surface area contributed by atoms with Crippen LogP contribution in [0.25, 0.3) is 0 Å². The van der Waals surface area contributed by atoms with Crippen LogP contribution in [0.2, 0.25) is 0 Å². The molecule has 38 heavy (non-hydrogen) atoms. The third-order valence-electron chi connectivity index (χ3n) is 7.74. The first kappa shape index (κ1) is 27.9. The van der Waals surface area contributed by atoms with Crippen LogP contribution in [0.1, 0.15) is 103 Å². The molecule has 1 fully saturated rings. The van der Waals surface area contributed by atoms with Crippen molar-refractivity contribution in [2.45, 2.75) is 90.6 Å². The Morgan fingerprint density at radius 2 is 1.26 bits per heavy atom. The van der Waals surface area contributed by atoms with Gasteiger partial charge in [0.25, 0.3) is 0 Å². The van der Waals surface area contributed by atoms with Crippen molar-refractivity contribution in [2.24, 2.45) is 11.8 Å². The fourth-order valence-electron chi connectivity index (χ4n) is 5.48. The Kier molecular flexibility index (Phi) is 10.4. The molecule has 2 aromatic carbocycles. The van der Waals surface area contributed by atoms with E-state index in [4.69, 9.17) is 19.6 Å². The Hall–Kier alpha value is -3.12. The Morgan fingerprint density at radius 3 is 1.76 bits per heavy atom. The number of carbonyl (C=O) groups excluding carboxylic acids is 2. The van der Waals surface area contributed by atoms with E-state index < -0.39 is 11.9 Å². The Labute approximate surface area is 226 Å². The summed E-state index contributed by atoms with van der Waals surface area (Å²) < 4.78 is 0. The van der Waals surface area contributed by atoms with Gasteiger partial charge in [-0.2, -0.15) is 4.89 Å². The Balaban J connectivity index is 1.14. The molecule has 204 valence electrons. The van der Waals surface area contributed by atoms with Gasteiger partial charge in [0.1, 0.15) is 6.10 Å². The molecule has 1 saturated carbocycles. The van der Waals surface area contributed by atoms with Gasteiger partial charge in [0, 0.05) is 6.42 Å². The number of hydrogen-bond donors (Lipinski definition) is 0. The van der Waals surface area contributed by atoms with Gasteiger partial charge in [-0.3, -0.25) is 9.78 Å². The highest BCUT2D eigenvalue weighted by atomic mass is 17.2. The number of allylic oxidation sites excluding steroid dienone is 2. The lowest BCUT2D eigenvalue weighted by Gasteiger charge is -2.34. The summed E-state index contributed by atoms with van der Waals surface area (Å²) >= 11 is 0. The van der Waals surface area contributed by atoms with Crippen LogP contribution in [0.4, 0.5) is 0 Å². The molecule has 4 rings (SSSR count). The van der Waals surface area contributed by atoms with E-state index in [2.05, 4.69) is 19.9 Å². The van der Waals surface area contributed by atoms with Crippen LogP contribution in [-0.2, 0) is 32.4 Å². The SMILES string of the molecule is CCCc1ccc(C(=O)OOC2=CCC(C3CCC(OOC(=O)c4ccc(CCC)cc4)CC3)CC2)cc1. The van der Waals surface area contributed by atoms with Crippen molar-refractivity contribution in [3.8, 4) is 0 Å². The van der Waals surface area contributed by atoms with Gasteiger partial charge in [-0.15, -0.1) is 0 Å². The molecule has 1 unspecified atom stereocenters. The molecule has 1 atom stereocenters. The summed E-state index contributed by atoms with van der Waals surface area (Å²) in [7, 11) is 0. The Morgan fingerprint density at radius 1 is 0.711 bits per heavy atom. The summed E-state index contributed by atoms with van der Waals surface area (Å²) in [5.41, 5.74) is 3.43. The van der Waals surface area contributed by atoms with Crippen LogP contribution < -0.4 is 0 Å². The van der Waals surface area contributed by atoms with E-state index >= 15 is 0 Å². The lowest BCUT2D eigenvalue weighted by Crippen LogP contribution is -2.28. The normalized spacial score (nSPS) is 21.3. The molecule has 0 radical (unpaired) electrons. The van der Waals surface area contributed by atoms with E-state index in [0.717, 1.165) is 76.4 Å². The molecule has 2 aliphatic carbocycles.